The highest BCUT2D eigenvalue weighted by Gasteiger charge is 2.42. The quantitative estimate of drug-likeness (QED) is 0.873. The molecule has 1 N–H and O–H groups in total. The zero-order valence-electron chi connectivity index (χ0n) is 11.3. The number of benzene rings is 1. The second-order valence-electron chi connectivity index (χ2n) is 5.07. The average Bonchev–Trinajstić information content (AvgIpc) is 2.36. The van der Waals surface area contributed by atoms with E-state index in [1.165, 1.54) is 5.56 Å². The molecule has 3 unspecified atom stereocenters. The molecule has 100 valence electrons. The first-order valence-corrected chi connectivity index (χ1v) is 6.68. The van der Waals surface area contributed by atoms with Crippen LogP contribution in [0, 0.1) is 0 Å². The number of ether oxygens (including phenoxy) is 2. The maximum Gasteiger partial charge on any atom is 0.130 e. The lowest BCUT2D eigenvalue weighted by Crippen LogP contribution is -2.55. The van der Waals surface area contributed by atoms with Crippen LogP contribution in [-0.4, -0.2) is 30.0 Å². The fraction of sp³-hybridized carbons (Fsp3) is 0.600. The Morgan fingerprint density at radius 1 is 1.33 bits per heavy atom. The summed E-state index contributed by atoms with van der Waals surface area (Å²) >= 11 is 0. The van der Waals surface area contributed by atoms with E-state index >= 15 is 0 Å². The Labute approximate surface area is 109 Å². The summed E-state index contributed by atoms with van der Waals surface area (Å²) in [6.45, 7) is 6.84. The van der Waals surface area contributed by atoms with Crippen molar-refractivity contribution in [1.29, 1.82) is 0 Å². The zero-order chi connectivity index (χ0) is 13.1. The van der Waals surface area contributed by atoms with Crippen LogP contribution >= 0.6 is 0 Å². The van der Waals surface area contributed by atoms with Crippen LogP contribution in [0.15, 0.2) is 24.3 Å². The van der Waals surface area contributed by atoms with E-state index in [1.54, 1.807) is 0 Å². The number of para-hydroxylation sites is 1. The molecule has 3 heteroatoms. The Bertz CT molecular complexity index is 389. The normalized spacial score (nSPS) is 27.1. The van der Waals surface area contributed by atoms with Crippen LogP contribution in [-0.2, 0) is 4.74 Å². The summed E-state index contributed by atoms with van der Waals surface area (Å²) in [5.74, 6) is 1.34. The molecular formula is C15H22O3. The molecule has 3 atom stereocenters. The van der Waals surface area contributed by atoms with Crippen LogP contribution in [0.2, 0.25) is 0 Å². The SMILES string of the molecule is CCOC1C(O)CC1Oc1ccccc1C(C)C. The van der Waals surface area contributed by atoms with E-state index in [0.29, 0.717) is 18.9 Å². The lowest BCUT2D eigenvalue weighted by atomic mass is 9.87. The third-order valence-electron chi connectivity index (χ3n) is 3.40. The lowest BCUT2D eigenvalue weighted by Gasteiger charge is -2.41. The summed E-state index contributed by atoms with van der Waals surface area (Å²) in [7, 11) is 0. The number of aliphatic hydroxyl groups excluding tert-OH is 1. The van der Waals surface area contributed by atoms with Crippen molar-refractivity contribution in [2.75, 3.05) is 6.61 Å². The van der Waals surface area contributed by atoms with E-state index in [1.807, 2.05) is 25.1 Å². The summed E-state index contributed by atoms with van der Waals surface area (Å²) in [4.78, 5) is 0. The molecular weight excluding hydrogens is 228 g/mol. The van der Waals surface area contributed by atoms with Crippen LogP contribution in [0.1, 0.15) is 38.7 Å². The predicted octanol–water partition coefficient (Wildman–Crippen LogP) is 2.73. The van der Waals surface area contributed by atoms with Gasteiger partial charge in [0.1, 0.15) is 18.0 Å². The monoisotopic (exact) mass is 250 g/mol. The highest BCUT2D eigenvalue weighted by atomic mass is 16.6. The predicted molar refractivity (Wildman–Crippen MR) is 71.0 cm³/mol. The minimum atomic E-state index is -0.388. The summed E-state index contributed by atoms with van der Waals surface area (Å²) in [5, 5.41) is 9.66. The topological polar surface area (TPSA) is 38.7 Å². The number of aliphatic hydroxyl groups is 1. The van der Waals surface area contributed by atoms with Gasteiger partial charge in [-0.1, -0.05) is 32.0 Å². The van der Waals surface area contributed by atoms with Crippen LogP contribution in [0.5, 0.6) is 5.75 Å². The van der Waals surface area contributed by atoms with Gasteiger partial charge in [-0.05, 0) is 24.5 Å². The zero-order valence-corrected chi connectivity index (χ0v) is 11.3. The van der Waals surface area contributed by atoms with Crippen LogP contribution in [0.3, 0.4) is 0 Å². The molecule has 1 aromatic rings. The van der Waals surface area contributed by atoms with E-state index in [2.05, 4.69) is 19.9 Å². The molecule has 0 aliphatic heterocycles. The molecule has 0 spiro atoms. The Kier molecular flexibility index (Phi) is 4.25. The van der Waals surface area contributed by atoms with E-state index in [-0.39, 0.29) is 18.3 Å². The first-order chi connectivity index (χ1) is 8.63. The van der Waals surface area contributed by atoms with Gasteiger partial charge in [0.2, 0.25) is 0 Å². The van der Waals surface area contributed by atoms with Gasteiger partial charge in [-0.25, -0.2) is 0 Å². The molecule has 0 heterocycles. The van der Waals surface area contributed by atoms with Gasteiger partial charge in [0.15, 0.2) is 0 Å². The second-order valence-corrected chi connectivity index (χ2v) is 5.07. The molecule has 1 fully saturated rings. The third kappa shape index (κ3) is 2.68. The molecule has 1 saturated carbocycles. The lowest BCUT2D eigenvalue weighted by molar-refractivity contribution is -0.160. The molecule has 0 amide bonds. The van der Waals surface area contributed by atoms with Crippen LogP contribution in [0.4, 0.5) is 0 Å². The molecule has 0 bridgehead atoms. The van der Waals surface area contributed by atoms with Gasteiger partial charge in [-0.15, -0.1) is 0 Å². The van der Waals surface area contributed by atoms with Crippen LogP contribution in [0.25, 0.3) is 0 Å². The van der Waals surface area contributed by atoms with Crippen molar-refractivity contribution in [3.05, 3.63) is 29.8 Å². The van der Waals surface area contributed by atoms with Gasteiger partial charge in [0, 0.05) is 13.0 Å². The van der Waals surface area contributed by atoms with Crippen molar-refractivity contribution >= 4 is 0 Å². The molecule has 1 aliphatic rings. The minimum Gasteiger partial charge on any atom is -0.487 e. The van der Waals surface area contributed by atoms with Gasteiger partial charge in [-0.2, -0.15) is 0 Å². The van der Waals surface area contributed by atoms with Crippen molar-refractivity contribution in [2.24, 2.45) is 0 Å². The van der Waals surface area contributed by atoms with Gasteiger partial charge < -0.3 is 14.6 Å². The third-order valence-corrected chi connectivity index (χ3v) is 3.40. The Morgan fingerprint density at radius 3 is 2.67 bits per heavy atom. The molecule has 0 radical (unpaired) electrons. The summed E-state index contributed by atoms with van der Waals surface area (Å²) < 4.78 is 11.5. The second kappa shape index (κ2) is 5.72. The fourth-order valence-corrected chi connectivity index (χ4v) is 2.31. The minimum absolute atomic E-state index is 0.0279. The van der Waals surface area contributed by atoms with E-state index in [9.17, 15) is 5.11 Å². The van der Waals surface area contributed by atoms with E-state index in [4.69, 9.17) is 9.47 Å². The number of hydrogen-bond donors (Lipinski definition) is 1. The van der Waals surface area contributed by atoms with Crippen molar-refractivity contribution < 1.29 is 14.6 Å². The highest BCUT2D eigenvalue weighted by molar-refractivity contribution is 5.36. The first kappa shape index (κ1) is 13.4. The molecule has 3 nitrogen and oxygen atoms in total. The smallest absolute Gasteiger partial charge is 0.130 e. The molecule has 1 aliphatic carbocycles. The Morgan fingerprint density at radius 2 is 2.06 bits per heavy atom. The first-order valence-electron chi connectivity index (χ1n) is 6.68. The van der Waals surface area contributed by atoms with Gasteiger partial charge >= 0.3 is 0 Å². The van der Waals surface area contributed by atoms with Gasteiger partial charge in [0.25, 0.3) is 0 Å². The molecule has 2 rings (SSSR count). The van der Waals surface area contributed by atoms with Gasteiger partial charge in [0.05, 0.1) is 6.10 Å². The molecule has 1 aromatic carbocycles. The maximum atomic E-state index is 9.66. The summed E-state index contributed by atoms with van der Waals surface area (Å²) in [6.07, 6.45) is 0.0492. The molecule has 0 aromatic heterocycles. The standard InChI is InChI=1S/C15H22O3/c1-4-17-15-12(16)9-14(15)18-13-8-6-5-7-11(13)10(2)3/h5-8,10,12,14-16H,4,9H2,1-3H3. The summed E-state index contributed by atoms with van der Waals surface area (Å²) in [6, 6.07) is 8.08. The van der Waals surface area contributed by atoms with Crippen molar-refractivity contribution in [3.8, 4) is 5.75 Å². The summed E-state index contributed by atoms with van der Waals surface area (Å²) in [5.41, 5.74) is 1.20. The maximum absolute atomic E-state index is 9.66. The number of rotatable bonds is 5. The molecule has 18 heavy (non-hydrogen) atoms. The molecule has 0 saturated heterocycles. The largest absolute Gasteiger partial charge is 0.487 e. The van der Waals surface area contributed by atoms with E-state index in [0.717, 1.165) is 5.75 Å². The van der Waals surface area contributed by atoms with Gasteiger partial charge in [-0.3, -0.25) is 0 Å². The Balaban J connectivity index is 2.06. The van der Waals surface area contributed by atoms with E-state index < -0.39 is 0 Å². The highest BCUT2D eigenvalue weighted by Crippen LogP contribution is 2.33. The van der Waals surface area contributed by atoms with Crippen molar-refractivity contribution in [2.45, 2.75) is 51.4 Å². The number of hydrogen-bond acceptors (Lipinski definition) is 3. The van der Waals surface area contributed by atoms with Crippen molar-refractivity contribution in [3.63, 3.8) is 0 Å². The average molecular weight is 250 g/mol. The van der Waals surface area contributed by atoms with Crippen molar-refractivity contribution in [1.82, 2.24) is 0 Å². The Hall–Kier alpha value is -1.06. The fourth-order valence-electron chi connectivity index (χ4n) is 2.31. The van der Waals surface area contributed by atoms with Crippen LogP contribution < -0.4 is 4.74 Å².